The van der Waals surface area contributed by atoms with Crippen LogP contribution in [0.25, 0.3) is 0 Å². The fraction of sp³-hybridized carbons (Fsp3) is 0.375. The van der Waals surface area contributed by atoms with Gasteiger partial charge in [0.15, 0.2) is 5.90 Å². The average Bonchev–Trinajstić information content (AvgIpc) is 2.83. The van der Waals surface area contributed by atoms with E-state index in [4.69, 9.17) is 9.47 Å². The Morgan fingerprint density at radius 2 is 1.96 bits per heavy atom. The molecule has 0 aromatic heterocycles. The van der Waals surface area contributed by atoms with Gasteiger partial charge >= 0.3 is 5.97 Å². The van der Waals surface area contributed by atoms with Crippen LogP contribution >= 0.6 is 0 Å². The maximum atomic E-state index is 13.0. The van der Waals surface area contributed by atoms with Gasteiger partial charge in [-0.05, 0) is 13.0 Å². The van der Waals surface area contributed by atoms with Crippen molar-refractivity contribution < 1.29 is 23.9 Å². The van der Waals surface area contributed by atoms with Gasteiger partial charge in [-0.15, -0.1) is 0 Å². The van der Waals surface area contributed by atoms with E-state index >= 15 is 0 Å². The van der Waals surface area contributed by atoms with Crippen LogP contribution in [0.3, 0.4) is 0 Å². The van der Waals surface area contributed by atoms with Crippen LogP contribution in [-0.2, 0) is 24.7 Å². The van der Waals surface area contributed by atoms with Crippen LogP contribution < -0.4 is 0 Å². The first-order valence-electron chi connectivity index (χ1n) is 7.05. The standard InChI is InChI=1S/C16H16N2O5/c1-9-17-15(2,14(21)22-4)16(23-9)11-8-6-5-7-10(11)12(19)18(3)13(16)20/h5-8H,1-4H3/t15-,16-/m0/s1. The highest BCUT2D eigenvalue weighted by atomic mass is 16.6. The normalized spacial score (nSPS) is 29.2. The van der Waals surface area contributed by atoms with Gasteiger partial charge in [0, 0.05) is 25.1 Å². The zero-order valence-corrected chi connectivity index (χ0v) is 13.2. The lowest BCUT2D eigenvalue weighted by Gasteiger charge is -2.42. The number of fused-ring (bicyclic) bond motifs is 2. The summed E-state index contributed by atoms with van der Waals surface area (Å²) in [5, 5.41) is 0. The molecule has 0 unspecified atom stereocenters. The van der Waals surface area contributed by atoms with E-state index in [2.05, 4.69) is 4.99 Å². The molecule has 2 aliphatic heterocycles. The fourth-order valence-corrected chi connectivity index (χ4v) is 3.30. The van der Waals surface area contributed by atoms with E-state index in [1.54, 1.807) is 31.2 Å². The Hall–Kier alpha value is -2.70. The Morgan fingerprint density at radius 1 is 1.30 bits per heavy atom. The lowest BCUT2D eigenvalue weighted by molar-refractivity contribution is -0.166. The third kappa shape index (κ3) is 1.64. The number of carbonyl (C=O) groups excluding carboxylic acids is 3. The monoisotopic (exact) mass is 316 g/mol. The molecule has 1 aromatic rings. The molecule has 0 saturated heterocycles. The first-order valence-corrected chi connectivity index (χ1v) is 7.05. The van der Waals surface area contributed by atoms with Crippen molar-refractivity contribution in [2.75, 3.05) is 14.2 Å². The second-order valence-electron chi connectivity index (χ2n) is 5.69. The number of imide groups is 1. The number of benzene rings is 1. The maximum absolute atomic E-state index is 13.0. The summed E-state index contributed by atoms with van der Waals surface area (Å²) in [6.07, 6.45) is 0. The van der Waals surface area contributed by atoms with E-state index in [-0.39, 0.29) is 5.90 Å². The van der Waals surface area contributed by atoms with Crippen molar-refractivity contribution >= 4 is 23.7 Å². The number of hydrogen-bond donors (Lipinski definition) is 0. The number of hydrogen-bond acceptors (Lipinski definition) is 6. The molecule has 23 heavy (non-hydrogen) atoms. The zero-order chi connectivity index (χ0) is 17.0. The van der Waals surface area contributed by atoms with E-state index in [0.717, 1.165) is 4.90 Å². The minimum atomic E-state index is -1.75. The van der Waals surface area contributed by atoms with Crippen LogP contribution in [0, 0.1) is 0 Å². The number of ether oxygens (including phenoxy) is 2. The number of nitrogens with zero attached hydrogens (tertiary/aromatic N) is 2. The Kier molecular flexibility index (Phi) is 3.07. The van der Waals surface area contributed by atoms with Crippen molar-refractivity contribution in [3.63, 3.8) is 0 Å². The molecule has 3 rings (SSSR count). The lowest BCUT2D eigenvalue weighted by atomic mass is 9.72. The molecule has 0 fully saturated rings. The molecule has 0 radical (unpaired) electrons. The highest BCUT2D eigenvalue weighted by molar-refractivity contribution is 6.16. The maximum Gasteiger partial charge on any atom is 0.338 e. The van der Waals surface area contributed by atoms with Gasteiger partial charge in [-0.3, -0.25) is 14.5 Å². The van der Waals surface area contributed by atoms with Crippen LogP contribution in [0.1, 0.15) is 29.8 Å². The second kappa shape index (κ2) is 4.65. The van der Waals surface area contributed by atoms with Gasteiger partial charge in [0.1, 0.15) is 0 Å². The topological polar surface area (TPSA) is 85.3 Å². The molecular formula is C16H16N2O5. The van der Waals surface area contributed by atoms with Gasteiger partial charge in [-0.1, -0.05) is 18.2 Å². The van der Waals surface area contributed by atoms with Crippen molar-refractivity contribution in [2.24, 2.45) is 4.99 Å². The fourth-order valence-electron chi connectivity index (χ4n) is 3.30. The van der Waals surface area contributed by atoms with Crippen LogP contribution in [0.15, 0.2) is 29.3 Å². The number of rotatable bonds is 1. The molecule has 0 saturated carbocycles. The third-order valence-electron chi connectivity index (χ3n) is 4.40. The Labute approximate surface area is 132 Å². The van der Waals surface area contributed by atoms with Gasteiger partial charge in [-0.25, -0.2) is 9.79 Å². The van der Waals surface area contributed by atoms with Gasteiger partial charge in [0.2, 0.25) is 11.1 Å². The minimum absolute atomic E-state index is 0.184. The smallest absolute Gasteiger partial charge is 0.338 e. The Bertz CT molecular complexity index is 771. The number of likely N-dealkylation sites (N-methyl/N-ethyl adjacent to an activating group) is 1. The molecule has 0 aliphatic carbocycles. The van der Waals surface area contributed by atoms with Crippen LogP contribution in [-0.4, -0.2) is 48.3 Å². The molecular weight excluding hydrogens is 300 g/mol. The van der Waals surface area contributed by atoms with E-state index in [9.17, 15) is 14.4 Å². The summed E-state index contributed by atoms with van der Waals surface area (Å²) in [5.74, 6) is -1.62. The molecule has 7 nitrogen and oxygen atoms in total. The first kappa shape index (κ1) is 15.2. The molecule has 2 heterocycles. The molecule has 0 N–H and O–H groups in total. The van der Waals surface area contributed by atoms with Crippen LogP contribution in [0.5, 0.6) is 0 Å². The second-order valence-corrected chi connectivity index (χ2v) is 5.69. The number of esters is 1. The SMILES string of the molecule is COC(=O)[C@]1(C)N=C(C)O[C@@]12C(=O)N(C)C(=O)c1ccccc12. The largest absolute Gasteiger partial charge is 0.467 e. The molecule has 120 valence electrons. The van der Waals surface area contributed by atoms with Gasteiger partial charge in [0.25, 0.3) is 11.8 Å². The van der Waals surface area contributed by atoms with E-state index in [0.29, 0.717) is 11.1 Å². The average molecular weight is 316 g/mol. The van der Waals surface area contributed by atoms with Gasteiger partial charge in [-0.2, -0.15) is 0 Å². The van der Waals surface area contributed by atoms with Crippen molar-refractivity contribution in [2.45, 2.75) is 25.0 Å². The Balaban J connectivity index is 2.37. The molecule has 2 amide bonds. The molecule has 2 atom stereocenters. The van der Waals surface area contributed by atoms with Crippen LogP contribution in [0.2, 0.25) is 0 Å². The number of aliphatic imine (C=N–C) groups is 1. The summed E-state index contributed by atoms with van der Waals surface area (Å²) < 4.78 is 10.6. The summed E-state index contributed by atoms with van der Waals surface area (Å²) in [6, 6.07) is 6.57. The third-order valence-corrected chi connectivity index (χ3v) is 4.40. The summed E-state index contributed by atoms with van der Waals surface area (Å²) in [5.41, 5.74) is -2.74. The quantitative estimate of drug-likeness (QED) is 0.567. The highest BCUT2D eigenvalue weighted by Gasteiger charge is 2.70. The molecule has 0 bridgehead atoms. The van der Waals surface area contributed by atoms with Crippen LogP contribution in [0.4, 0.5) is 0 Å². The predicted octanol–water partition coefficient (Wildman–Crippen LogP) is 0.874. The van der Waals surface area contributed by atoms with Crippen molar-refractivity contribution in [3.05, 3.63) is 35.4 Å². The zero-order valence-electron chi connectivity index (χ0n) is 13.2. The summed E-state index contributed by atoms with van der Waals surface area (Å²) in [4.78, 5) is 43.0. The highest BCUT2D eigenvalue weighted by Crippen LogP contribution is 2.49. The van der Waals surface area contributed by atoms with E-state index in [1.807, 2.05) is 0 Å². The van der Waals surface area contributed by atoms with Gasteiger partial charge < -0.3 is 9.47 Å². The van der Waals surface area contributed by atoms with Crippen molar-refractivity contribution in [3.8, 4) is 0 Å². The Morgan fingerprint density at radius 3 is 2.61 bits per heavy atom. The summed E-state index contributed by atoms with van der Waals surface area (Å²) in [6.45, 7) is 3.04. The van der Waals surface area contributed by atoms with E-state index < -0.39 is 28.9 Å². The molecule has 7 heteroatoms. The number of carbonyl (C=O) groups is 3. The molecule has 1 aromatic carbocycles. The van der Waals surface area contributed by atoms with Crippen molar-refractivity contribution in [1.29, 1.82) is 0 Å². The molecule has 1 spiro atoms. The van der Waals surface area contributed by atoms with E-state index in [1.165, 1.54) is 21.1 Å². The number of methoxy groups -OCH3 is 1. The summed E-state index contributed by atoms with van der Waals surface area (Å²) >= 11 is 0. The molecule has 2 aliphatic rings. The minimum Gasteiger partial charge on any atom is -0.467 e. The van der Waals surface area contributed by atoms with Gasteiger partial charge in [0.05, 0.1) is 7.11 Å². The van der Waals surface area contributed by atoms with Crippen molar-refractivity contribution in [1.82, 2.24) is 4.90 Å². The first-order chi connectivity index (χ1) is 10.8. The predicted molar refractivity (Wildman–Crippen MR) is 79.8 cm³/mol. The summed E-state index contributed by atoms with van der Waals surface area (Å²) in [7, 11) is 2.58. The number of amides is 2. The lowest BCUT2D eigenvalue weighted by Crippen LogP contribution is -2.64.